The lowest BCUT2D eigenvalue weighted by Gasteiger charge is -2.42. The number of methoxy groups -OCH3 is 1. The van der Waals surface area contributed by atoms with Gasteiger partial charge < -0.3 is 20.3 Å². The highest BCUT2D eigenvalue weighted by Crippen LogP contribution is 2.51. The van der Waals surface area contributed by atoms with Gasteiger partial charge >= 0.3 is 0 Å². The highest BCUT2D eigenvalue weighted by Gasteiger charge is 2.50. The van der Waals surface area contributed by atoms with E-state index in [0.717, 1.165) is 77.8 Å². The van der Waals surface area contributed by atoms with Crippen LogP contribution in [0.5, 0.6) is 5.75 Å². The summed E-state index contributed by atoms with van der Waals surface area (Å²) in [6, 6.07) is 12.2. The number of rotatable bonds is 7. The van der Waals surface area contributed by atoms with Crippen LogP contribution in [0.1, 0.15) is 77.6 Å². The summed E-state index contributed by atoms with van der Waals surface area (Å²) < 4.78 is 5.33. The normalized spacial score (nSPS) is 17.7. The number of anilines is 3. The summed E-state index contributed by atoms with van der Waals surface area (Å²) in [5, 5.41) is 6.42. The molecule has 2 amide bonds. The second-order valence-corrected chi connectivity index (χ2v) is 11.1. The molecule has 0 saturated heterocycles. The maximum absolute atomic E-state index is 14.0. The Balaban J connectivity index is 1.33. The largest absolute Gasteiger partial charge is 0.497 e. The van der Waals surface area contributed by atoms with Crippen LogP contribution in [0.3, 0.4) is 0 Å². The van der Waals surface area contributed by atoms with Crippen LogP contribution in [0.15, 0.2) is 42.7 Å². The lowest BCUT2D eigenvalue weighted by atomic mass is 9.76. The van der Waals surface area contributed by atoms with E-state index in [1.807, 2.05) is 44.2 Å². The van der Waals surface area contributed by atoms with Gasteiger partial charge in [0.25, 0.3) is 5.91 Å². The van der Waals surface area contributed by atoms with E-state index in [-0.39, 0.29) is 23.3 Å². The highest BCUT2D eigenvalue weighted by molar-refractivity contribution is 6.02. The van der Waals surface area contributed by atoms with Crippen LogP contribution in [-0.4, -0.2) is 33.8 Å². The maximum atomic E-state index is 14.0. The Kier molecular flexibility index (Phi) is 6.49. The summed E-state index contributed by atoms with van der Waals surface area (Å²) in [5.74, 6) is 2.21. The van der Waals surface area contributed by atoms with Crippen molar-refractivity contribution in [3.63, 3.8) is 0 Å². The summed E-state index contributed by atoms with van der Waals surface area (Å²) in [7, 11) is 1.66. The number of hydrogen-bond donors (Lipinski definition) is 2. The van der Waals surface area contributed by atoms with Crippen molar-refractivity contribution >= 4 is 29.1 Å². The lowest BCUT2D eigenvalue weighted by molar-refractivity contribution is -0.117. The van der Waals surface area contributed by atoms with Gasteiger partial charge in [0.15, 0.2) is 0 Å². The molecule has 39 heavy (non-hydrogen) atoms. The highest BCUT2D eigenvalue weighted by atomic mass is 16.5. The van der Waals surface area contributed by atoms with Crippen molar-refractivity contribution in [2.75, 3.05) is 17.7 Å². The standard InChI is InChI=1S/C31H35N5O3/c1-19-15-23(34-27-20(2)28(33-18-32-27)35-29(37)22-9-10-22)16-25-26(19)30(38)36(31(25)13-5-4-6-14-31)17-21-7-11-24(39-3)12-8-21/h7-8,11-12,15-16,18,22H,4-6,9-10,13-14,17H2,1-3H3,(H2,32,33,34,35,37). The number of nitrogens with zero attached hydrogens (tertiary/aromatic N) is 3. The molecule has 1 spiro atoms. The fraction of sp³-hybridized carbons (Fsp3) is 0.419. The molecule has 1 aromatic heterocycles. The Morgan fingerprint density at radius 1 is 1.05 bits per heavy atom. The van der Waals surface area contributed by atoms with Crippen LogP contribution >= 0.6 is 0 Å². The second-order valence-electron chi connectivity index (χ2n) is 11.1. The number of fused-ring (bicyclic) bond motifs is 2. The molecular weight excluding hydrogens is 490 g/mol. The molecule has 0 bridgehead atoms. The molecule has 0 radical (unpaired) electrons. The summed E-state index contributed by atoms with van der Waals surface area (Å²) in [6.45, 7) is 4.49. The molecular formula is C31H35N5O3. The van der Waals surface area contributed by atoms with E-state index in [1.54, 1.807) is 7.11 Å². The third kappa shape index (κ3) is 4.62. The quantitative estimate of drug-likeness (QED) is 0.392. The van der Waals surface area contributed by atoms with E-state index in [2.05, 4.69) is 31.6 Å². The molecule has 8 heteroatoms. The van der Waals surface area contributed by atoms with Gasteiger partial charge in [-0.2, -0.15) is 0 Å². The fourth-order valence-corrected chi connectivity index (χ4v) is 6.20. The number of benzene rings is 2. The molecule has 2 aromatic carbocycles. The molecule has 2 aliphatic carbocycles. The Bertz CT molecular complexity index is 1420. The molecule has 3 aromatic rings. The number of aromatic nitrogens is 2. The van der Waals surface area contributed by atoms with E-state index < -0.39 is 0 Å². The molecule has 6 rings (SSSR count). The van der Waals surface area contributed by atoms with Gasteiger partial charge in [0.05, 0.1) is 12.6 Å². The Labute approximate surface area is 229 Å². The zero-order valence-corrected chi connectivity index (χ0v) is 22.8. The molecule has 0 unspecified atom stereocenters. The number of carbonyl (C=O) groups is 2. The third-order valence-electron chi connectivity index (χ3n) is 8.53. The van der Waals surface area contributed by atoms with Gasteiger partial charge in [-0.3, -0.25) is 9.59 Å². The smallest absolute Gasteiger partial charge is 0.255 e. The first-order chi connectivity index (χ1) is 18.9. The summed E-state index contributed by atoms with van der Waals surface area (Å²) in [4.78, 5) is 37.2. The van der Waals surface area contributed by atoms with Crippen molar-refractivity contribution in [3.8, 4) is 5.75 Å². The Morgan fingerprint density at radius 2 is 1.77 bits per heavy atom. The van der Waals surface area contributed by atoms with E-state index in [1.165, 1.54) is 12.7 Å². The minimum Gasteiger partial charge on any atom is -0.497 e. The number of amides is 2. The van der Waals surface area contributed by atoms with Crippen LogP contribution in [0.25, 0.3) is 0 Å². The van der Waals surface area contributed by atoms with Crippen LogP contribution in [0.2, 0.25) is 0 Å². The molecule has 2 saturated carbocycles. The van der Waals surface area contributed by atoms with Gasteiger partial charge in [-0.25, -0.2) is 9.97 Å². The van der Waals surface area contributed by atoms with Crippen LogP contribution in [0, 0.1) is 19.8 Å². The predicted octanol–water partition coefficient (Wildman–Crippen LogP) is 6.01. The lowest BCUT2D eigenvalue weighted by Crippen LogP contribution is -2.44. The molecule has 8 nitrogen and oxygen atoms in total. The first kappa shape index (κ1) is 25.3. The molecule has 202 valence electrons. The van der Waals surface area contributed by atoms with E-state index in [4.69, 9.17) is 4.74 Å². The zero-order valence-electron chi connectivity index (χ0n) is 22.8. The monoisotopic (exact) mass is 525 g/mol. The van der Waals surface area contributed by atoms with E-state index in [9.17, 15) is 9.59 Å². The van der Waals surface area contributed by atoms with Gasteiger partial charge in [-0.05, 0) is 80.5 Å². The van der Waals surface area contributed by atoms with Gasteiger partial charge in [0.1, 0.15) is 23.7 Å². The van der Waals surface area contributed by atoms with E-state index >= 15 is 0 Å². The number of aryl methyl sites for hydroxylation is 1. The predicted molar refractivity (Wildman–Crippen MR) is 150 cm³/mol. The summed E-state index contributed by atoms with van der Waals surface area (Å²) >= 11 is 0. The number of nitrogens with one attached hydrogen (secondary N) is 2. The minimum atomic E-state index is -0.322. The first-order valence-corrected chi connectivity index (χ1v) is 13.9. The third-order valence-corrected chi connectivity index (χ3v) is 8.53. The molecule has 2 fully saturated rings. The average molecular weight is 526 g/mol. The van der Waals surface area contributed by atoms with Crippen molar-refractivity contribution in [1.29, 1.82) is 0 Å². The van der Waals surface area contributed by atoms with Crippen LogP contribution in [-0.2, 0) is 16.9 Å². The van der Waals surface area contributed by atoms with Crippen molar-refractivity contribution in [3.05, 3.63) is 70.5 Å². The van der Waals surface area contributed by atoms with Crippen molar-refractivity contribution in [2.24, 2.45) is 5.92 Å². The fourth-order valence-electron chi connectivity index (χ4n) is 6.20. The molecule has 2 heterocycles. The van der Waals surface area contributed by atoms with Crippen molar-refractivity contribution in [1.82, 2.24) is 14.9 Å². The van der Waals surface area contributed by atoms with Gasteiger partial charge in [-0.1, -0.05) is 31.4 Å². The van der Waals surface area contributed by atoms with Crippen LogP contribution in [0.4, 0.5) is 17.3 Å². The van der Waals surface area contributed by atoms with Gasteiger partial charge in [0, 0.05) is 29.3 Å². The van der Waals surface area contributed by atoms with Crippen molar-refractivity contribution < 1.29 is 14.3 Å². The molecule has 2 N–H and O–H groups in total. The minimum absolute atomic E-state index is 0.0193. The molecule has 0 atom stereocenters. The number of ether oxygens (including phenoxy) is 1. The zero-order chi connectivity index (χ0) is 27.1. The van der Waals surface area contributed by atoms with Gasteiger partial charge in [-0.15, -0.1) is 0 Å². The maximum Gasteiger partial charge on any atom is 0.255 e. The van der Waals surface area contributed by atoms with E-state index in [0.29, 0.717) is 18.2 Å². The van der Waals surface area contributed by atoms with Crippen LogP contribution < -0.4 is 15.4 Å². The van der Waals surface area contributed by atoms with Gasteiger partial charge in [0.2, 0.25) is 5.91 Å². The summed E-state index contributed by atoms with van der Waals surface area (Å²) in [5.41, 5.74) is 5.33. The SMILES string of the molecule is COc1ccc(CN2C(=O)c3c(C)cc(Nc4ncnc(NC(=O)C5CC5)c4C)cc3C23CCCCC3)cc1. The van der Waals surface area contributed by atoms with Crippen molar-refractivity contribution in [2.45, 2.75) is 70.9 Å². The molecule has 3 aliphatic rings. The summed E-state index contributed by atoms with van der Waals surface area (Å²) in [6.07, 6.45) is 8.63. The first-order valence-electron chi connectivity index (χ1n) is 13.9. The topological polar surface area (TPSA) is 96.4 Å². The second kappa shape index (κ2) is 9.98. The molecule has 1 aliphatic heterocycles. The Hall–Kier alpha value is -3.94. The Morgan fingerprint density at radius 3 is 2.46 bits per heavy atom. The number of carbonyl (C=O) groups excluding carboxylic acids is 2. The number of hydrogen-bond acceptors (Lipinski definition) is 6. The average Bonchev–Trinajstić information content (AvgIpc) is 3.77.